The Morgan fingerprint density at radius 2 is 1.70 bits per heavy atom. The second kappa shape index (κ2) is 6.79. The number of piperazine rings is 1. The molecular weight excluding hydrogens is 244 g/mol. The summed E-state index contributed by atoms with van der Waals surface area (Å²) in [5.74, 6) is 2.84. The van der Waals surface area contributed by atoms with Crippen molar-refractivity contribution in [1.82, 2.24) is 10.2 Å². The third kappa shape index (κ3) is 3.39. The van der Waals surface area contributed by atoms with Gasteiger partial charge in [0.2, 0.25) is 0 Å². The Bertz CT molecular complexity index is 298. The minimum atomic E-state index is 0.790. The maximum atomic E-state index is 3.84. The number of rotatable bonds is 2. The Balaban J connectivity index is 1.54. The van der Waals surface area contributed by atoms with E-state index in [9.17, 15) is 0 Å². The highest BCUT2D eigenvalue weighted by Crippen LogP contribution is 2.34. The number of hydrogen-bond acceptors (Lipinski definition) is 2. The van der Waals surface area contributed by atoms with Crippen LogP contribution in [0.2, 0.25) is 0 Å². The quantitative estimate of drug-likeness (QED) is 0.829. The van der Waals surface area contributed by atoms with Crippen LogP contribution in [0.4, 0.5) is 0 Å². The fraction of sp³-hybridized carbons (Fsp3) is 1.00. The van der Waals surface area contributed by atoms with Gasteiger partial charge in [-0.15, -0.1) is 0 Å². The third-order valence-electron chi connectivity index (χ3n) is 6.54. The maximum absolute atomic E-state index is 3.84. The summed E-state index contributed by atoms with van der Waals surface area (Å²) in [6.07, 6.45) is 11.7. The van der Waals surface area contributed by atoms with Crippen LogP contribution in [0.3, 0.4) is 0 Å². The molecule has 3 rings (SSSR count). The van der Waals surface area contributed by atoms with E-state index in [1.54, 1.807) is 0 Å². The molecule has 0 bridgehead atoms. The van der Waals surface area contributed by atoms with Crippen LogP contribution in [0.25, 0.3) is 0 Å². The normalized spacial score (nSPS) is 41.7. The summed E-state index contributed by atoms with van der Waals surface area (Å²) in [5.41, 5.74) is 0. The first kappa shape index (κ1) is 14.8. The van der Waals surface area contributed by atoms with Crippen LogP contribution in [-0.4, -0.2) is 36.6 Å². The molecule has 3 aliphatic rings. The van der Waals surface area contributed by atoms with E-state index in [-0.39, 0.29) is 0 Å². The summed E-state index contributed by atoms with van der Waals surface area (Å²) in [7, 11) is 0. The minimum absolute atomic E-state index is 0.790. The van der Waals surface area contributed by atoms with Crippen LogP contribution in [0.5, 0.6) is 0 Å². The molecule has 0 aromatic heterocycles. The van der Waals surface area contributed by atoms with Crippen molar-refractivity contribution in [2.24, 2.45) is 17.8 Å². The predicted molar refractivity (Wildman–Crippen MR) is 85.9 cm³/mol. The number of nitrogens with one attached hydrogen (secondary N) is 1. The van der Waals surface area contributed by atoms with Gasteiger partial charge in [0.15, 0.2) is 0 Å². The summed E-state index contributed by atoms with van der Waals surface area (Å²) in [6, 6.07) is 1.67. The number of nitrogens with zero attached hydrogens (tertiary/aromatic N) is 1. The molecule has 4 unspecified atom stereocenters. The molecule has 1 aliphatic heterocycles. The molecule has 1 N–H and O–H groups in total. The molecule has 0 amide bonds. The molecule has 4 atom stereocenters. The Kier molecular flexibility index (Phi) is 5.04. The summed E-state index contributed by atoms with van der Waals surface area (Å²) in [4.78, 5) is 2.85. The van der Waals surface area contributed by atoms with Gasteiger partial charge >= 0.3 is 0 Å². The largest absolute Gasteiger partial charge is 0.311 e. The average Bonchev–Trinajstić information content (AvgIpc) is 2.51. The lowest BCUT2D eigenvalue weighted by molar-refractivity contribution is 0.0646. The van der Waals surface area contributed by atoms with E-state index in [0.717, 1.165) is 29.8 Å². The van der Waals surface area contributed by atoms with Crippen molar-refractivity contribution in [3.05, 3.63) is 0 Å². The number of hydrogen-bond donors (Lipinski definition) is 1. The summed E-state index contributed by atoms with van der Waals surface area (Å²) >= 11 is 0. The SMILES string of the molecule is CC1CCC(N2CCNC(C3CCCCC3)C2)CC1C. The van der Waals surface area contributed by atoms with E-state index in [1.807, 2.05) is 0 Å². The van der Waals surface area contributed by atoms with E-state index < -0.39 is 0 Å². The van der Waals surface area contributed by atoms with Gasteiger partial charge in [-0.3, -0.25) is 4.90 Å². The van der Waals surface area contributed by atoms with Crippen LogP contribution in [-0.2, 0) is 0 Å². The lowest BCUT2D eigenvalue weighted by Gasteiger charge is -2.45. The van der Waals surface area contributed by atoms with Crippen LogP contribution in [0.1, 0.15) is 65.2 Å². The Hall–Kier alpha value is -0.0800. The topological polar surface area (TPSA) is 15.3 Å². The smallest absolute Gasteiger partial charge is 0.0223 e. The highest BCUT2D eigenvalue weighted by Gasteiger charge is 2.33. The average molecular weight is 278 g/mol. The molecule has 3 fully saturated rings. The van der Waals surface area contributed by atoms with Gasteiger partial charge in [-0.05, 0) is 49.9 Å². The molecule has 116 valence electrons. The van der Waals surface area contributed by atoms with Gasteiger partial charge in [0.05, 0.1) is 0 Å². The van der Waals surface area contributed by atoms with Gasteiger partial charge in [0, 0.05) is 31.7 Å². The highest BCUT2D eigenvalue weighted by atomic mass is 15.2. The summed E-state index contributed by atoms with van der Waals surface area (Å²) in [6.45, 7) is 8.76. The molecule has 1 heterocycles. The third-order valence-corrected chi connectivity index (χ3v) is 6.54. The fourth-order valence-electron chi connectivity index (χ4n) is 4.84. The van der Waals surface area contributed by atoms with Crippen molar-refractivity contribution in [2.75, 3.05) is 19.6 Å². The summed E-state index contributed by atoms with van der Waals surface area (Å²) in [5, 5.41) is 3.84. The monoisotopic (exact) mass is 278 g/mol. The minimum Gasteiger partial charge on any atom is -0.311 e. The molecule has 2 nitrogen and oxygen atoms in total. The van der Waals surface area contributed by atoms with Crippen molar-refractivity contribution in [3.8, 4) is 0 Å². The highest BCUT2D eigenvalue weighted by molar-refractivity contribution is 4.90. The van der Waals surface area contributed by atoms with Gasteiger partial charge in [0.25, 0.3) is 0 Å². The second-order valence-electron chi connectivity index (χ2n) is 7.88. The van der Waals surface area contributed by atoms with Crippen LogP contribution in [0.15, 0.2) is 0 Å². The second-order valence-corrected chi connectivity index (χ2v) is 7.88. The molecular formula is C18H34N2. The lowest BCUT2D eigenvalue weighted by atomic mass is 9.77. The van der Waals surface area contributed by atoms with Gasteiger partial charge < -0.3 is 5.32 Å². The Morgan fingerprint density at radius 3 is 2.45 bits per heavy atom. The molecule has 0 spiro atoms. The Labute approximate surface area is 125 Å². The molecule has 2 saturated carbocycles. The molecule has 2 heteroatoms. The molecule has 2 aliphatic carbocycles. The van der Waals surface area contributed by atoms with E-state index in [1.165, 1.54) is 71.0 Å². The zero-order chi connectivity index (χ0) is 13.9. The van der Waals surface area contributed by atoms with Crippen molar-refractivity contribution >= 4 is 0 Å². The first-order valence-electron chi connectivity index (χ1n) is 9.21. The molecule has 20 heavy (non-hydrogen) atoms. The van der Waals surface area contributed by atoms with Gasteiger partial charge in [-0.1, -0.05) is 33.1 Å². The van der Waals surface area contributed by atoms with E-state index in [2.05, 4.69) is 24.1 Å². The van der Waals surface area contributed by atoms with E-state index >= 15 is 0 Å². The van der Waals surface area contributed by atoms with Crippen molar-refractivity contribution in [2.45, 2.75) is 77.3 Å². The standard InChI is InChI=1S/C18H34N2/c1-14-8-9-17(12-15(14)2)20-11-10-19-18(13-20)16-6-4-3-5-7-16/h14-19H,3-13H2,1-2H3. The lowest BCUT2D eigenvalue weighted by Crippen LogP contribution is -2.57. The Morgan fingerprint density at radius 1 is 0.900 bits per heavy atom. The van der Waals surface area contributed by atoms with Crippen molar-refractivity contribution < 1.29 is 0 Å². The van der Waals surface area contributed by atoms with E-state index in [4.69, 9.17) is 0 Å². The van der Waals surface area contributed by atoms with Crippen molar-refractivity contribution in [1.29, 1.82) is 0 Å². The van der Waals surface area contributed by atoms with Gasteiger partial charge in [-0.2, -0.15) is 0 Å². The van der Waals surface area contributed by atoms with Crippen LogP contribution in [0, 0.1) is 17.8 Å². The zero-order valence-electron chi connectivity index (χ0n) is 13.6. The summed E-state index contributed by atoms with van der Waals surface area (Å²) < 4.78 is 0. The van der Waals surface area contributed by atoms with Crippen molar-refractivity contribution in [3.63, 3.8) is 0 Å². The van der Waals surface area contributed by atoms with Gasteiger partial charge in [0.1, 0.15) is 0 Å². The molecule has 1 saturated heterocycles. The zero-order valence-corrected chi connectivity index (χ0v) is 13.6. The predicted octanol–water partition coefficient (Wildman–Crippen LogP) is 3.67. The molecule has 0 radical (unpaired) electrons. The first-order valence-corrected chi connectivity index (χ1v) is 9.21. The van der Waals surface area contributed by atoms with Crippen LogP contribution < -0.4 is 5.32 Å². The molecule has 0 aromatic rings. The maximum Gasteiger partial charge on any atom is 0.0223 e. The molecule has 0 aromatic carbocycles. The fourth-order valence-corrected chi connectivity index (χ4v) is 4.84. The van der Waals surface area contributed by atoms with Gasteiger partial charge in [-0.25, -0.2) is 0 Å². The first-order chi connectivity index (χ1) is 9.74. The van der Waals surface area contributed by atoms with Crippen LogP contribution >= 0.6 is 0 Å². The van der Waals surface area contributed by atoms with E-state index in [0.29, 0.717) is 0 Å².